The SMILES string of the molecule is C=CCOC1C(OCc2ccccc2)C2OCOC(C1OCc1ccc(OC)cc1)C2OCc1ccccc1. The van der Waals surface area contributed by atoms with E-state index in [9.17, 15) is 0 Å². The normalized spacial score (nSPS) is 26.2. The highest BCUT2D eigenvalue weighted by molar-refractivity contribution is 5.26. The number of rotatable bonds is 13. The summed E-state index contributed by atoms with van der Waals surface area (Å²) in [7, 11) is 1.65. The second-order valence-electron chi connectivity index (χ2n) is 9.61. The van der Waals surface area contributed by atoms with Gasteiger partial charge in [0.05, 0.1) is 33.5 Å². The van der Waals surface area contributed by atoms with Gasteiger partial charge in [-0.05, 0) is 28.8 Å². The summed E-state index contributed by atoms with van der Waals surface area (Å²) in [5, 5.41) is 0. The molecule has 1 saturated carbocycles. The molecule has 6 unspecified atom stereocenters. The van der Waals surface area contributed by atoms with E-state index in [-0.39, 0.29) is 6.79 Å². The lowest BCUT2D eigenvalue weighted by Gasteiger charge is -2.52. The van der Waals surface area contributed by atoms with E-state index in [1.165, 1.54) is 0 Å². The first-order valence-electron chi connectivity index (χ1n) is 13.3. The zero-order valence-corrected chi connectivity index (χ0v) is 22.2. The Morgan fingerprint density at radius 2 is 1.13 bits per heavy atom. The van der Waals surface area contributed by atoms with E-state index in [4.69, 9.17) is 33.2 Å². The maximum atomic E-state index is 6.56. The molecule has 39 heavy (non-hydrogen) atoms. The highest BCUT2D eigenvalue weighted by Crippen LogP contribution is 2.37. The highest BCUT2D eigenvalue weighted by Gasteiger charge is 2.57. The number of benzene rings is 3. The molecule has 2 aliphatic rings. The van der Waals surface area contributed by atoms with Crippen molar-refractivity contribution in [1.82, 2.24) is 0 Å². The fraction of sp³-hybridized carbons (Fsp3) is 0.375. The predicted molar refractivity (Wildman–Crippen MR) is 146 cm³/mol. The average molecular weight is 533 g/mol. The molecule has 2 fully saturated rings. The summed E-state index contributed by atoms with van der Waals surface area (Å²) in [6.07, 6.45) is -0.866. The Balaban J connectivity index is 1.40. The second kappa shape index (κ2) is 13.8. The Morgan fingerprint density at radius 1 is 0.641 bits per heavy atom. The second-order valence-corrected chi connectivity index (χ2v) is 9.61. The van der Waals surface area contributed by atoms with Gasteiger partial charge in [-0.2, -0.15) is 0 Å². The molecule has 0 spiro atoms. The lowest BCUT2D eigenvalue weighted by atomic mass is 9.83. The van der Waals surface area contributed by atoms with Gasteiger partial charge in [-0.15, -0.1) is 6.58 Å². The molecule has 1 aliphatic carbocycles. The minimum absolute atomic E-state index is 0.127. The zero-order valence-electron chi connectivity index (χ0n) is 22.2. The van der Waals surface area contributed by atoms with Crippen molar-refractivity contribution in [2.45, 2.75) is 56.4 Å². The Morgan fingerprint density at radius 3 is 1.62 bits per heavy atom. The van der Waals surface area contributed by atoms with E-state index < -0.39 is 36.6 Å². The van der Waals surface area contributed by atoms with E-state index in [0.717, 1.165) is 22.4 Å². The van der Waals surface area contributed by atoms with Crippen LogP contribution in [0.15, 0.2) is 97.6 Å². The first-order valence-corrected chi connectivity index (χ1v) is 13.3. The molecule has 206 valence electrons. The van der Waals surface area contributed by atoms with Crippen molar-refractivity contribution in [1.29, 1.82) is 0 Å². The molecule has 1 saturated heterocycles. The Bertz CT molecular complexity index is 1140. The molecule has 3 aromatic carbocycles. The van der Waals surface area contributed by atoms with Crippen LogP contribution in [-0.2, 0) is 48.2 Å². The third-order valence-corrected chi connectivity index (χ3v) is 7.04. The van der Waals surface area contributed by atoms with E-state index in [1.54, 1.807) is 13.2 Å². The van der Waals surface area contributed by atoms with Gasteiger partial charge in [0.15, 0.2) is 0 Å². The van der Waals surface area contributed by atoms with Crippen LogP contribution in [0.25, 0.3) is 0 Å². The quantitative estimate of drug-likeness (QED) is 0.285. The summed E-state index contributed by atoms with van der Waals surface area (Å²) in [5.74, 6) is 0.794. The highest BCUT2D eigenvalue weighted by atomic mass is 16.7. The van der Waals surface area contributed by atoms with Crippen molar-refractivity contribution in [2.75, 3.05) is 20.5 Å². The van der Waals surface area contributed by atoms with Crippen molar-refractivity contribution >= 4 is 0 Å². The Hall–Kier alpha value is -3.04. The standard InChI is InChI=1S/C32H36O7/c1-3-18-34-27-28(35-19-23-10-6-4-7-11-23)31-30(36-20-24-12-8-5-9-13-24)32(39-22-38-31)29(27)37-21-25-14-16-26(33-2)17-15-25/h3-17,27-32H,1,18-22H2,2H3. The number of fused-ring (bicyclic) bond motifs is 2. The monoisotopic (exact) mass is 532 g/mol. The Labute approximate surface area is 230 Å². The molecule has 7 nitrogen and oxygen atoms in total. The number of methoxy groups -OCH3 is 1. The van der Waals surface area contributed by atoms with Gasteiger partial charge in [-0.25, -0.2) is 0 Å². The van der Waals surface area contributed by atoms with Crippen LogP contribution in [0.3, 0.4) is 0 Å². The summed E-state index contributed by atoms with van der Waals surface area (Å²) in [6.45, 7) is 5.50. The lowest BCUT2D eigenvalue weighted by molar-refractivity contribution is -0.343. The van der Waals surface area contributed by atoms with Gasteiger partial charge in [0.2, 0.25) is 0 Å². The smallest absolute Gasteiger partial charge is 0.148 e. The summed E-state index contributed by atoms with van der Waals surface area (Å²) < 4.78 is 43.5. The first kappa shape index (κ1) is 27.5. The van der Waals surface area contributed by atoms with Gasteiger partial charge in [0, 0.05) is 0 Å². The van der Waals surface area contributed by atoms with Crippen LogP contribution in [0.5, 0.6) is 5.75 Å². The van der Waals surface area contributed by atoms with Crippen LogP contribution in [0.1, 0.15) is 16.7 Å². The molecule has 6 atom stereocenters. The first-order chi connectivity index (χ1) is 19.3. The number of hydrogen-bond acceptors (Lipinski definition) is 7. The van der Waals surface area contributed by atoms with Gasteiger partial charge < -0.3 is 33.2 Å². The lowest BCUT2D eigenvalue weighted by Crippen LogP contribution is -2.69. The molecule has 1 aliphatic heterocycles. The molecule has 5 rings (SSSR count). The fourth-order valence-electron chi connectivity index (χ4n) is 5.08. The fourth-order valence-corrected chi connectivity index (χ4v) is 5.08. The minimum Gasteiger partial charge on any atom is -0.497 e. The summed E-state index contributed by atoms with van der Waals surface area (Å²) in [4.78, 5) is 0. The molecular weight excluding hydrogens is 496 g/mol. The van der Waals surface area contributed by atoms with Gasteiger partial charge in [-0.3, -0.25) is 0 Å². The number of ether oxygens (including phenoxy) is 7. The molecule has 2 bridgehead atoms. The van der Waals surface area contributed by atoms with Gasteiger partial charge in [0.25, 0.3) is 0 Å². The van der Waals surface area contributed by atoms with Crippen molar-refractivity contribution in [3.8, 4) is 5.75 Å². The van der Waals surface area contributed by atoms with Gasteiger partial charge in [0.1, 0.15) is 49.2 Å². The molecule has 0 N–H and O–H groups in total. The zero-order chi connectivity index (χ0) is 26.9. The van der Waals surface area contributed by atoms with E-state index in [2.05, 4.69) is 6.58 Å². The molecule has 7 heteroatoms. The van der Waals surface area contributed by atoms with Crippen LogP contribution in [0.2, 0.25) is 0 Å². The van der Waals surface area contributed by atoms with Crippen molar-refractivity contribution in [3.63, 3.8) is 0 Å². The van der Waals surface area contributed by atoms with E-state index >= 15 is 0 Å². The van der Waals surface area contributed by atoms with Gasteiger partial charge in [-0.1, -0.05) is 78.9 Å². The molecule has 0 radical (unpaired) electrons. The number of hydrogen-bond donors (Lipinski definition) is 0. The van der Waals surface area contributed by atoms with Gasteiger partial charge >= 0.3 is 0 Å². The van der Waals surface area contributed by atoms with Crippen molar-refractivity contribution in [3.05, 3.63) is 114 Å². The summed E-state index contributed by atoms with van der Waals surface area (Å²) in [6, 6.07) is 27.9. The van der Waals surface area contributed by atoms with Crippen LogP contribution >= 0.6 is 0 Å². The maximum Gasteiger partial charge on any atom is 0.148 e. The third-order valence-electron chi connectivity index (χ3n) is 7.04. The van der Waals surface area contributed by atoms with Crippen LogP contribution in [0.4, 0.5) is 0 Å². The van der Waals surface area contributed by atoms with Crippen LogP contribution in [-0.4, -0.2) is 57.1 Å². The van der Waals surface area contributed by atoms with Crippen molar-refractivity contribution in [2.24, 2.45) is 0 Å². The van der Waals surface area contributed by atoms with Crippen LogP contribution in [0, 0.1) is 0 Å². The molecule has 0 amide bonds. The van der Waals surface area contributed by atoms with E-state index in [1.807, 2.05) is 84.9 Å². The maximum absolute atomic E-state index is 6.56. The average Bonchev–Trinajstić information content (AvgIpc) is 2.99. The topological polar surface area (TPSA) is 64.6 Å². The van der Waals surface area contributed by atoms with E-state index in [0.29, 0.717) is 26.4 Å². The molecule has 3 aromatic rings. The summed E-state index contributed by atoms with van der Waals surface area (Å²) >= 11 is 0. The molecule has 1 heterocycles. The third kappa shape index (κ3) is 6.94. The molecule has 0 aromatic heterocycles. The predicted octanol–water partition coefficient (Wildman–Crippen LogP) is 5.08. The van der Waals surface area contributed by atoms with Crippen molar-refractivity contribution < 1.29 is 33.2 Å². The summed E-state index contributed by atoms with van der Waals surface area (Å²) in [5.41, 5.74) is 3.14. The Kier molecular flexibility index (Phi) is 9.77. The minimum atomic E-state index is -0.464. The largest absolute Gasteiger partial charge is 0.497 e. The molecular formula is C32H36O7. The van der Waals surface area contributed by atoms with Crippen LogP contribution < -0.4 is 4.74 Å².